The number of aromatic nitrogens is 4. The molecule has 0 aliphatic carbocycles. The summed E-state index contributed by atoms with van der Waals surface area (Å²) < 4.78 is 15.0. The molecule has 0 aliphatic rings. The van der Waals surface area contributed by atoms with Crippen molar-refractivity contribution in [1.82, 2.24) is 25.5 Å². The van der Waals surface area contributed by atoms with E-state index in [2.05, 4.69) is 20.8 Å². The lowest BCUT2D eigenvalue weighted by atomic mass is 10.0. The number of amides is 1. The summed E-state index contributed by atoms with van der Waals surface area (Å²) in [7, 11) is 0. The summed E-state index contributed by atoms with van der Waals surface area (Å²) in [4.78, 5) is 12.8. The van der Waals surface area contributed by atoms with Gasteiger partial charge in [-0.05, 0) is 40.6 Å². The zero-order valence-electron chi connectivity index (χ0n) is 15.3. The standard InChI is InChI=1S/C19H21FN6O.ClH/c1-13-23-24-25-26(13)18(11-14-6-5-9-16(20)10-14)19(27)22-12-17(21)15-7-3-2-4-8-15;/h2-10,17-18H,11-12,21H2,1H3,(H,22,27);1H. The van der Waals surface area contributed by atoms with Crippen molar-refractivity contribution in [1.29, 1.82) is 0 Å². The molecule has 28 heavy (non-hydrogen) atoms. The summed E-state index contributed by atoms with van der Waals surface area (Å²) in [5, 5.41) is 14.2. The Morgan fingerprint density at radius 1 is 1.21 bits per heavy atom. The third-order valence-corrected chi connectivity index (χ3v) is 4.30. The van der Waals surface area contributed by atoms with Crippen molar-refractivity contribution in [2.45, 2.75) is 25.4 Å². The van der Waals surface area contributed by atoms with Crippen LogP contribution in [0.2, 0.25) is 0 Å². The SMILES string of the molecule is Cc1nnnn1C(Cc1cccc(F)c1)C(=O)NCC(N)c1ccccc1.Cl. The Hall–Kier alpha value is -2.84. The van der Waals surface area contributed by atoms with Crippen LogP contribution in [0.3, 0.4) is 0 Å². The number of nitrogens with one attached hydrogen (secondary N) is 1. The third-order valence-electron chi connectivity index (χ3n) is 4.30. The molecule has 0 bridgehead atoms. The van der Waals surface area contributed by atoms with Crippen molar-refractivity contribution < 1.29 is 9.18 Å². The first kappa shape index (κ1) is 21.5. The van der Waals surface area contributed by atoms with E-state index in [-0.39, 0.29) is 43.1 Å². The van der Waals surface area contributed by atoms with Crippen LogP contribution in [0.25, 0.3) is 0 Å². The number of hydrogen-bond donors (Lipinski definition) is 2. The van der Waals surface area contributed by atoms with Gasteiger partial charge in [0.25, 0.3) is 0 Å². The molecule has 1 heterocycles. The molecule has 1 amide bonds. The molecule has 0 saturated carbocycles. The zero-order chi connectivity index (χ0) is 19.2. The Morgan fingerprint density at radius 2 is 1.96 bits per heavy atom. The molecule has 2 unspecified atom stereocenters. The smallest absolute Gasteiger partial charge is 0.245 e. The van der Waals surface area contributed by atoms with Gasteiger partial charge in [0.05, 0.1) is 0 Å². The average Bonchev–Trinajstić information content (AvgIpc) is 3.10. The summed E-state index contributed by atoms with van der Waals surface area (Å²) >= 11 is 0. The highest BCUT2D eigenvalue weighted by Crippen LogP contribution is 2.16. The average molecular weight is 405 g/mol. The Kier molecular flexibility index (Phi) is 7.60. The highest BCUT2D eigenvalue weighted by atomic mass is 35.5. The van der Waals surface area contributed by atoms with Gasteiger partial charge in [0.15, 0.2) is 0 Å². The maximum absolute atomic E-state index is 13.5. The van der Waals surface area contributed by atoms with Crippen LogP contribution in [0.5, 0.6) is 0 Å². The summed E-state index contributed by atoms with van der Waals surface area (Å²) in [6.07, 6.45) is 0.260. The molecule has 9 heteroatoms. The van der Waals surface area contributed by atoms with Gasteiger partial charge in [-0.15, -0.1) is 17.5 Å². The van der Waals surface area contributed by atoms with Crippen LogP contribution in [0.1, 0.15) is 29.0 Å². The number of hydrogen-bond acceptors (Lipinski definition) is 5. The molecule has 2 aromatic carbocycles. The molecule has 0 spiro atoms. The van der Waals surface area contributed by atoms with Crippen LogP contribution in [0, 0.1) is 12.7 Å². The number of tetrazole rings is 1. The van der Waals surface area contributed by atoms with E-state index in [1.54, 1.807) is 19.1 Å². The molecule has 1 aromatic heterocycles. The minimum atomic E-state index is -0.704. The van der Waals surface area contributed by atoms with Crippen molar-refractivity contribution in [2.75, 3.05) is 6.54 Å². The molecule has 148 valence electrons. The maximum Gasteiger partial charge on any atom is 0.245 e. The summed E-state index contributed by atoms with van der Waals surface area (Å²) in [5.41, 5.74) is 7.76. The Bertz CT molecular complexity index is 904. The van der Waals surface area contributed by atoms with Gasteiger partial charge in [0.2, 0.25) is 5.91 Å². The van der Waals surface area contributed by atoms with Gasteiger partial charge in [-0.1, -0.05) is 42.5 Å². The number of rotatable bonds is 7. The predicted molar refractivity (Wildman–Crippen MR) is 105 cm³/mol. The first-order valence-corrected chi connectivity index (χ1v) is 8.61. The van der Waals surface area contributed by atoms with Crippen molar-refractivity contribution >= 4 is 18.3 Å². The Balaban J connectivity index is 0.00000280. The molecule has 0 radical (unpaired) electrons. The van der Waals surface area contributed by atoms with Crippen molar-refractivity contribution in [3.05, 3.63) is 77.4 Å². The first-order chi connectivity index (χ1) is 13.0. The van der Waals surface area contributed by atoms with Crippen LogP contribution in [-0.4, -0.2) is 32.7 Å². The number of carbonyl (C=O) groups is 1. The van der Waals surface area contributed by atoms with E-state index >= 15 is 0 Å². The van der Waals surface area contributed by atoms with Gasteiger partial charge in [0.1, 0.15) is 17.7 Å². The monoisotopic (exact) mass is 404 g/mol. The highest BCUT2D eigenvalue weighted by Gasteiger charge is 2.24. The lowest BCUT2D eigenvalue weighted by Crippen LogP contribution is -2.38. The third kappa shape index (κ3) is 5.34. The van der Waals surface area contributed by atoms with Crippen molar-refractivity contribution in [3.63, 3.8) is 0 Å². The largest absolute Gasteiger partial charge is 0.352 e. The van der Waals surface area contributed by atoms with Gasteiger partial charge in [-0.2, -0.15) is 0 Å². The highest BCUT2D eigenvalue weighted by molar-refractivity contribution is 5.85. The molecular weight excluding hydrogens is 383 g/mol. The van der Waals surface area contributed by atoms with E-state index in [1.807, 2.05) is 30.3 Å². The molecule has 3 rings (SSSR count). The van der Waals surface area contributed by atoms with Gasteiger partial charge >= 0.3 is 0 Å². The van der Waals surface area contributed by atoms with Crippen LogP contribution >= 0.6 is 12.4 Å². The molecule has 7 nitrogen and oxygen atoms in total. The number of aryl methyl sites for hydroxylation is 1. The minimum absolute atomic E-state index is 0. The fourth-order valence-electron chi connectivity index (χ4n) is 2.85. The number of nitrogens with two attached hydrogens (primary N) is 1. The number of halogens is 2. The molecular formula is C19H22ClFN6O. The van der Waals surface area contributed by atoms with Gasteiger partial charge in [0, 0.05) is 19.0 Å². The topological polar surface area (TPSA) is 98.7 Å². The van der Waals surface area contributed by atoms with E-state index in [1.165, 1.54) is 16.8 Å². The number of benzene rings is 2. The van der Waals surface area contributed by atoms with Gasteiger partial charge in [-0.25, -0.2) is 9.07 Å². The molecule has 3 aromatic rings. The van der Waals surface area contributed by atoms with Crippen LogP contribution in [0.4, 0.5) is 4.39 Å². The van der Waals surface area contributed by atoms with Crippen LogP contribution < -0.4 is 11.1 Å². The lowest BCUT2D eigenvalue weighted by molar-refractivity contribution is -0.124. The molecule has 2 atom stereocenters. The van der Waals surface area contributed by atoms with Gasteiger partial charge in [-0.3, -0.25) is 4.79 Å². The van der Waals surface area contributed by atoms with Gasteiger partial charge < -0.3 is 11.1 Å². The van der Waals surface area contributed by atoms with E-state index in [0.717, 1.165) is 5.56 Å². The maximum atomic E-state index is 13.5. The molecule has 3 N–H and O–H groups in total. The second kappa shape index (κ2) is 9.91. The fourth-order valence-corrected chi connectivity index (χ4v) is 2.85. The Morgan fingerprint density at radius 3 is 2.61 bits per heavy atom. The zero-order valence-corrected chi connectivity index (χ0v) is 16.1. The Labute approximate surface area is 168 Å². The van der Waals surface area contributed by atoms with Crippen molar-refractivity contribution in [3.8, 4) is 0 Å². The summed E-state index contributed by atoms with van der Waals surface area (Å²) in [5.74, 6) is -0.133. The second-order valence-corrected chi connectivity index (χ2v) is 6.28. The van der Waals surface area contributed by atoms with E-state index in [4.69, 9.17) is 5.73 Å². The second-order valence-electron chi connectivity index (χ2n) is 6.28. The normalized spacial score (nSPS) is 12.7. The van der Waals surface area contributed by atoms with E-state index in [0.29, 0.717) is 11.4 Å². The van der Waals surface area contributed by atoms with E-state index < -0.39 is 6.04 Å². The first-order valence-electron chi connectivity index (χ1n) is 8.61. The van der Waals surface area contributed by atoms with Crippen molar-refractivity contribution in [2.24, 2.45) is 5.73 Å². The van der Waals surface area contributed by atoms with E-state index in [9.17, 15) is 9.18 Å². The van der Waals surface area contributed by atoms with Crippen LogP contribution in [0.15, 0.2) is 54.6 Å². The quantitative estimate of drug-likeness (QED) is 0.628. The summed E-state index contributed by atoms with van der Waals surface area (Å²) in [6.45, 7) is 1.98. The minimum Gasteiger partial charge on any atom is -0.352 e. The number of nitrogens with zero attached hydrogens (tertiary/aromatic N) is 4. The van der Waals surface area contributed by atoms with Crippen LogP contribution in [-0.2, 0) is 11.2 Å². The summed E-state index contributed by atoms with van der Waals surface area (Å²) in [6, 6.07) is 14.6. The molecule has 0 aliphatic heterocycles. The predicted octanol–water partition coefficient (Wildman–Crippen LogP) is 2.14. The lowest BCUT2D eigenvalue weighted by Gasteiger charge is -2.19. The molecule has 0 saturated heterocycles. The molecule has 0 fully saturated rings. The fraction of sp³-hybridized carbons (Fsp3) is 0.263. The number of carbonyl (C=O) groups excluding carboxylic acids is 1.